The molecule has 0 radical (unpaired) electrons. The quantitative estimate of drug-likeness (QED) is 0.487. The van der Waals surface area contributed by atoms with Crippen LogP contribution in [0.4, 0.5) is 5.69 Å². The molecule has 0 fully saturated rings. The van der Waals surface area contributed by atoms with Crippen LogP contribution in [0.15, 0.2) is 18.2 Å². The minimum atomic E-state index is -0.469. The van der Waals surface area contributed by atoms with E-state index in [4.69, 9.17) is 0 Å². The second-order valence-electron chi connectivity index (χ2n) is 5.07. The lowest BCUT2D eigenvalue weighted by atomic mass is 9.95. The predicted octanol–water partition coefficient (Wildman–Crippen LogP) is 3.59. The summed E-state index contributed by atoms with van der Waals surface area (Å²) in [4.78, 5) is 22.7. The van der Waals surface area contributed by atoms with Gasteiger partial charge < -0.3 is 5.32 Å². The molecular weight excluding hydrogens is 324 g/mol. The highest BCUT2D eigenvalue weighted by Gasteiger charge is 2.25. The largest absolute Gasteiger partial charge is 0.347 e. The number of rotatable bonds is 6. The van der Waals surface area contributed by atoms with Crippen LogP contribution in [0.25, 0.3) is 0 Å². The number of aryl methyl sites for hydroxylation is 1. The third-order valence-electron chi connectivity index (χ3n) is 3.51. The normalized spacial score (nSPS) is 13.6. The molecule has 110 valence electrons. The third kappa shape index (κ3) is 4.03. The highest BCUT2D eigenvalue weighted by atomic mass is 79.9. The van der Waals surface area contributed by atoms with Crippen LogP contribution in [0.2, 0.25) is 0 Å². The lowest BCUT2D eigenvalue weighted by molar-refractivity contribution is -0.385. The summed E-state index contributed by atoms with van der Waals surface area (Å²) in [5, 5.41) is 14.6. The molecule has 0 spiro atoms. The maximum atomic E-state index is 12.2. The van der Waals surface area contributed by atoms with Gasteiger partial charge in [-0.1, -0.05) is 28.9 Å². The summed E-state index contributed by atoms with van der Waals surface area (Å²) < 4.78 is 0. The van der Waals surface area contributed by atoms with Crippen molar-refractivity contribution in [1.82, 2.24) is 5.32 Å². The zero-order chi connectivity index (χ0) is 15.3. The van der Waals surface area contributed by atoms with Gasteiger partial charge in [-0.2, -0.15) is 0 Å². The van der Waals surface area contributed by atoms with Gasteiger partial charge in [0.15, 0.2) is 0 Å². The fourth-order valence-electron chi connectivity index (χ4n) is 1.83. The lowest BCUT2D eigenvalue weighted by Gasteiger charge is -2.29. The van der Waals surface area contributed by atoms with E-state index in [0.29, 0.717) is 11.1 Å². The average molecular weight is 343 g/mol. The monoisotopic (exact) mass is 342 g/mol. The number of amides is 1. The molecule has 0 aliphatic rings. The van der Waals surface area contributed by atoms with E-state index in [0.717, 1.165) is 18.2 Å². The molecule has 1 rings (SSSR count). The van der Waals surface area contributed by atoms with Crippen molar-refractivity contribution in [2.75, 3.05) is 5.33 Å². The Balaban J connectivity index is 2.98. The van der Waals surface area contributed by atoms with Crippen molar-refractivity contribution in [1.29, 1.82) is 0 Å². The zero-order valence-electron chi connectivity index (χ0n) is 11.9. The van der Waals surface area contributed by atoms with Crippen molar-refractivity contribution in [2.24, 2.45) is 0 Å². The number of halogens is 1. The maximum Gasteiger partial charge on any atom is 0.273 e. The Hall–Kier alpha value is -1.43. The third-order valence-corrected chi connectivity index (χ3v) is 3.91. The van der Waals surface area contributed by atoms with Crippen LogP contribution in [0, 0.1) is 17.0 Å². The number of carbonyl (C=O) groups is 1. The number of nitro groups is 1. The second kappa shape index (κ2) is 6.83. The van der Waals surface area contributed by atoms with Gasteiger partial charge in [-0.15, -0.1) is 0 Å². The van der Waals surface area contributed by atoms with E-state index in [2.05, 4.69) is 21.2 Å². The topological polar surface area (TPSA) is 72.2 Å². The van der Waals surface area contributed by atoms with Crippen molar-refractivity contribution in [3.63, 3.8) is 0 Å². The molecular formula is C14H19BrN2O3. The van der Waals surface area contributed by atoms with Gasteiger partial charge in [-0.25, -0.2) is 0 Å². The molecule has 0 saturated heterocycles. The van der Waals surface area contributed by atoms with Crippen LogP contribution in [0.3, 0.4) is 0 Å². The molecule has 0 aliphatic carbocycles. The number of nitrogens with one attached hydrogen (secondary N) is 1. The molecule has 1 N–H and O–H groups in total. The van der Waals surface area contributed by atoms with Crippen LogP contribution in [-0.2, 0) is 0 Å². The SMILES string of the molecule is CCC(C)(CCBr)NC(=O)c1ccc(C)c([N+](=O)[O-])c1. The van der Waals surface area contributed by atoms with Gasteiger partial charge in [-0.05, 0) is 32.8 Å². The van der Waals surface area contributed by atoms with Gasteiger partial charge in [0.2, 0.25) is 0 Å². The summed E-state index contributed by atoms with van der Waals surface area (Å²) in [7, 11) is 0. The highest BCUT2D eigenvalue weighted by molar-refractivity contribution is 9.09. The molecule has 5 nitrogen and oxygen atoms in total. The molecule has 1 aromatic rings. The van der Waals surface area contributed by atoms with Gasteiger partial charge in [0.1, 0.15) is 0 Å². The molecule has 0 aliphatic heterocycles. The summed E-state index contributed by atoms with van der Waals surface area (Å²) in [6.45, 7) is 5.62. The van der Waals surface area contributed by atoms with Crippen LogP contribution < -0.4 is 5.32 Å². The number of carbonyl (C=O) groups excluding carboxylic acids is 1. The van der Waals surface area contributed by atoms with Gasteiger partial charge in [-0.3, -0.25) is 14.9 Å². The Bertz CT molecular complexity index is 519. The van der Waals surface area contributed by atoms with Gasteiger partial charge >= 0.3 is 0 Å². The highest BCUT2D eigenvalue weighted by Crippen LogP contribution is 2.21. The fourth-order valence-corrected chi connectivity index (χ4v) is 2.70. The average Bonchev–Trinajstić information content (AvgIpc) is 2.39. The molecule has 1 unspecified atom stereocenters. The molecule has 0 heterocycles. The smallest absolute Gasteiger partial charge is 0.273 e. The molecule has 1 atom stereocenters. The fraction of sp³-hybridized carbons (Fsp3) is 0.500. The molecule has 0 bridgehead atoms. The van der Waals surface area contributed by atoms with Crippen molar-refractivity contribution in [3.05, 3.63) is 39.4 Å². The summed E-state index contributed by atoms with van der Waals surface area (Å²) in [6.07, 6.45) is 1.58. The first-order valence-electron chi connectivity index (χ1n) is 6.46. The number of benzene rings is 1. The van der Waals surface area contributed by atoms with E-state index >= 15 is 0 Å². The standard InChI is InChI=1S/C14H19BrN2O3/c1-4-14(3,7-8-15)16-13(18)11-6-5-10(2)12(9-11)17(19)20/h5-6,9H,4,7-8H2,1-3H3,(H,16,18). The van der Waals surface area contributed by atoms with E-state index in [1.54, 1.807) is 19.1 Å². The first kappa shape index (κ1) is 16.6. The molecule has 20 heavy (non-hydrogen) atoms. The van der Waals surface area contributed by atoms with Gasteiger partial charge in [0.25, 0.3) is 11.6 Å². The number of nitrogens with zero attached hydrogens (tertiary/aromatic N) is 1. The Kier molecular flexibility index (Phi) is 5.68. The second-order valence-corrected chi connectivity index (χ2v) is 5.86. The van der Waals surface area contributed by atoms with Crippen molar-refractivity contribution in [3.8, 4) is 0 Å². The zero-order valence-corrected chi connectivity index (χ0v) is 13.5. The number of alkyl halides is 1. The van der Waals surface area contributed by atoms with Crippen LogP contribution in [0.5, 0.6) is 0 Å². The molecule has 0 aromatic heterocycles. The first-order chi connectivity index (χ1) is 9.33. The van der Waals surface area contributed by atoms with Crippen molar-refractivity contribution >= 4 is 27.5 Å². The number of nitro benzene ring substituents is 1. The minimum absolute atomic E-state index is 0.0312. The Morgan fingerprint density at radius 3 is 2.65 bits per heavy atom. The molecule has 1 aromatic carbocycles. The predicted molar refractivity (Wildman–Crippen MR) is 82.4 cm³/mol. The number of hydrogen-bond donors (Lipinski definition) is 1. The van der Waals surface area contributed by atoms with Crippen LogP contribution in [0.1, 0.15) is 42.6 Å². The Labute approximate surface area is 127 Å². The van der Waals surface area contributed by atoms with Crippen LogP contribution in [-0.4, -0.2) is 21.7 Å². The molecule has 0 saturated carbocycles. The van der Waals surface area contributed by atoms with Crippen molar-refractivity contribution in [2.45, 2.75) is 39.2 Å². The van der Waals surface area contributed by atoms with E-state index < -0.39 is 4.92 Å². The lowest BCUT2D eigenvalue weighted by Crippen LogP contribution is -2.45. The van der Waals surface area contributed by atoms with E-state index in [9.17, 15) is 14.9 Å². The maximum absolute atomic E-state index is 12.2. The van der Waals surface area contributed by atoms with E-state index in [-0.39, 0.29) is 17.1 Å². The molecule has 1 amide bonds. The van der Waals surface area contributed by atoms with Crippen molar-refractivity contribution < 1.29 is 9.72 Å². The van der Waals surface area contributed by atoms with Gasteiger partial charge in [0, 0.05) is 28.1 Å². The summed E-state index contributed by atoms with van der Waals surface area (Å²) in [6, 6.07) is 4.54. The summed E-state index contributed by atoms with van der Waals surface area (Å²) >= 11 is 3.37. The Morgan fingerprint density at radius 1 is 1.50 bits per heavy atom. The van der Waals surface area contributed by atoms with Crippen LogP contribution >= 0.6 is 15.9 Å². The van der Waals surface area contributed by atoms with E-state index in [1.807, 2.05) is 13.8 Å². The summed E-state index contributed by atoms with van der Waals surface area (Å²) in [5.41, 5.74) is 0.512. The van der Waals surface area contributed by atoms with E-state index in [1.165, 1.54) is 6.07 Å². The number of hydrogen-bond acceptors (Lipinski definition) is 3. The summed E-state index contributed by atoms with van der Waals surface area (Å²) in [5.74, 6) is -0.279. The molecule has 6 heteroatoms. The minimum Gasteiger partial charge on any atom is -0.347 e. The Morgan fingerprint density at radius 2 is 2.15 bits per heavy atom. The van der Waals surface area contributed by atoms with Gasteiger partial charge in [0.05, 0.1) is 4.92 Å². The first-order valence-corrected chi connectivity index (χ1v) is 7.58.